The third-order valence-electron chi connectivity index (χ3n) is 5.55. The van der Waals surface area contributed by atoms with Gasteiger partial charge in [-0.3, -0.25) is 14.4 Å². The van der Waals surface area contributed by atoms with Crippen molar-refractivity contribution in [3.8, 4) is 0 Å². The maximum Gasteiger partial charge on any atom is 0.220 e. The fraction of sp³-hybridized carbons (Fsp3) is 0.800. The Hall–Kier alpha value is -1.40. The number of aryl methyl sites for hydroxylation is 1. The average Bonchev–Trinajstić information content (AvgIpc) is 2.99. The van der Waals surface area contributed by atoms with Crippen LogP contribution in [0.15, 0.2) is 0 Å². The first-order chi connectivity index (χ1) is 12.6. The zero-order valence-corrected chi connectivity index (χ0v) is 16.6. The zero-order valence-electron chi connectivity index (χ0n) is 16.6. The van der Waals surface area contributed by atoms with Gasteiger partial charge >= 0.3 is 0 Å². The van der Waals surface area contributed by atoms with Gasteiger partial charge in [0.25, 0.3) is 0 Å². The molecule has 2 aliphatic rings. The largest absolute Gasteiger partial charge is 0.376 e. The summed E-state index contributed by atoms with van der Waals surface area (Å²) in [5, 5.41) is 8.05. The van der Waals surface area contributed by atoms with Gasteiger partial charge in [-0.1, -0.05) is 13.8 Å². The lowest BCUT2D eigenvalue weighted by Crippen LogP contribution is -2.44. The molecule has 6 heteroatoms. The first-order valence-corrected chi connectivity index (χ1v) is 10.2. The molecule has 1 saturated heterocycles. The summed E-state index contributed by atoms with van der Waals surface area (Å²) < 4.78 is 7.81. The van der Waals surface area contributed by atoms with E-state index in [1.807, 2.05) is 0 Å². The number of hydrogen-bond acceptors (Lipinski definition) is 4. The van der Waals surface area contributed by atoms with E-state index in [4.69, 9.17) is 9.84 Å². The number of hydrogen-bond donors (Lipinski definition) is 1. The number of carbonyl (C=O) groups excluding carboxylic acids is 1. The van der Waals surface area contributed by atoms with Crippen LogP contribution in [0.5, 0.6) is 0 Å². The Labute approximate surface area is 157 Å². The molecule has 146 valence electrons. The molecule has 2 aliphatic heterocycles. The van der Waals surface area contributed by atoms with E-state index >= 15 is 0 Å². The van der Waals surface area contributed by atoms with Crippen LogP contribution in [-0.4, -0.2) is 46.3 Å². The molecule has 26 heavy (non-hydrogen) atoms. The van der Waals surface area contributed by atoms with Crippen molar-refractivity contribution in [1.82, 2.24) is 20.0 Å². The van der Waals surface area contributed by atoms with E-state index in [1.165, 1.54) is 17.0 Å². The SMILES string of the molecule is CCn1nc(CN2CCC(NC(=O)CCC(C)C)CC2)c2c1CCOC2. The van der Waals surface area contributed by atoms with Gasteiger partial charge in [0.1, 0.15) is 0 Å². The topological polar surface area (TPSA) is 59.4 Å². The summed E-state index contributed by atoms with van der Waals surface area (Å²) in [7, 11) is 0. The second-order valence-corrected chi connectivity index (χ2v) is 8.04. The number of aromatic nitrogens is 2. The highest BCUT2D eigenvalue weighted by atomic mass is 16.5. The lowest BCUT2D eigenvalue weighted by atomic mass is 10.0. The molecule has 0 bridgehead atoms. The molecule has 0 radical (unpaired) electrons. The Morgan fingerprint density at radius 2 is 2.12 bits per heavy atom. The van der Waals surface area contributed by atoms with Gasteiger partial charge in [-0.2, -0.15) is 5.10 Å². The average molecular weight is 363 g/mol. The Bertz CT molecular complexity index is 603. The minimum Gasteiger partial charge on any atom is -0.376 e. The van der Waals surface area contributed by atoms with Crippen LogP contribution in [0.3, 0.4) is 0 Å². The van der Waals surface area contributed by atoms with Gasteiger partial charge < -0.3 is 10.1 Å². The molecule has 3 rings (SSSR count). The summed E-state index contributed by atoms with van der Waals surface area (Å²) >= 11 is 0. The van der Waals surface area contributed by atoms with E-state index in [-0.39, 0.29) is 5.91 Å². The number of nitrogens with zero attached hydrogens (tertiary/aromatic N) is 3. The summed E-state index contributed by atoms with van der Waals surface area (Å²) in [6.07, 6.45) is 4.65. The van der Waals surface area contributed by atoms with Crippen molar-refractivity contribution in [1.29, 1.82) is 0 Å². The maximum absolute atomic E-state index is 12.0. The van der Waals surface area contributed by atoms with Crippen LogP contribution in [0.2, 0.25) is 0 Å². The van der Waals surface area contributed by atoms with E-state index in [0.717, 1.165) is 58.5 Å². The van der Waals surface area contributed by atoms with Gasteiger partial charge in [0.15, 0.2) is 0 Å². The van der Waals surface area contributed by atoms with Crippen molar-refractivity contribution in [3.63, 3.8) is 0 Å². The van der Waals surface area contributed by atoms with Crippen LogP contribution < -0.4 is 5.32 Å². The summed E-state index contributed by atoms with van der Waals surface area (Å²) in [6, 6.07) is 0.330. The van der Waals surface area contributed by atoms with Crippen molar-refractivity contribution in [2.75, 3.05) is 19.7 Å². The molecule has 1 N–H and O–H groups in total. The smallest absolute Gasteiger partial charge is 0.220 e. The first-order valence-electron chi connectivity index (χ1n) is 10.2. The number of carbonyl (C=O) groups is 1. The Balaban J connectivity index is 1.49. The highest BCUT2D eigenvalue weighted by molar-refractivity contribution is 5.76. The van der Waals surface area contributed by atoms with E-state index in [9.17, 15) is 4.79 Å². The standard InChI is InChI=1S/C20H34N4O2/c1-4-24-19-9-12-26-14-17(19)18(22-24)13-23-10-7-16(8-11-23)21-20(25)6-5-15(2)3/h15-16H,4-14H2,1-3H3,(H,21,25). The van der Waals surface area contributed by atoms with Crippen molar-refractivity contribution in [2.24, 2.45) is 5.92 Å². The Morgan fingerprint density at radius 3 is 2.81 bits per heavy atom. The van der Waals surface area contributed by atoms with Crippen molar-refractivity contribution < 1.29 is 9.53 Å². The minimum atomic E-state index is 0.213. The van der Waals surface area contributed by atoms with Crippen LogP contribution in [0, 0.1) is 5.92 Å². The molecule has 0 atom stereocenters. The predicted molar refractivity (Wildman–Crippen MR) is 102 cm³/mol. The fourth-order valence-electron chi connectivity index (χ4n) is 3.93. The normalized spacial score (nSPS) is 18.9. The number of ether oxygens (including phenoxy) is 1. The van der Waals surface area contributed by atoms with Crippen LogP contribution in [0.4, 0.5) is 0 Å². The molecular formula is C20H34N4O2. The number of nitrogens with one attached hydrogen (secondary N) is 1. The minimum absolute atomic E-state index is 0.213. The molecule has 6 nitrogen and oxygen atoms in total. The van der Waals surface area contributed by atoms with Crippen molar-refractivity contribution in [2.45, 2.75) is 78.6 Å². The maximum atomic E-state index is 12.0. The van der Waals surface area contributed by atoms with Gasteiger partial charge in [-0.15, -0.1) is 0 Å². The molecule has 1 fully saturated rings. The van der Waals surface area contributed by atoms with Gasteiger partial charge in [0.2, 0.25) is 5.91 Å². The monoisotopic (exact) mass is 362 g/mol. The molecule has 0 spiro atoms. The number of fused-ring (bicyclic) bond motifs is 1. The molecule has 1 amide bonds. The number of piperidine rings is 1. The molecule has 0 aromatic carbocycles. The summed E-state index contributed by atoms with van der Waals surface area (Å²) in [5.74, 6) is 0.797. The van der Waals surface area contributed by atoms with Gasteiger partial charge in [-0.05, 0) is 32.1 Å². The first kappa shape index (κ1) is 19.4. The fourth-order valence-corrected chi connectivity index (χ4v) is 3.93. The van der Waals surface area contributed by atoms with Gasteiger partial charge in [0.05, 0.1) is 18.9 Å². The number of likely N-dealkylation sites (tertiary alicyclic amines) is 1. The number of rotatable bonds is 7. The van der Waals surface area contributed by atoms with Crippen molar-refractivity contribution >= 4 is 5.91 Å². The predicted octanol–water partition coefficient (Wildman–Crippen LogP) is 2.49. The molecule has 0 aliphatic carbocycles. The molecule has 1 aromatic rings. The summed E-state index contributed by atoms with van der Waals surface area (Å²) in [5.41, 5.74) is 3.85. The lowest BCUT2D eigenvalue weighted by molar-refractivity contribution is -0.122. The van der Waals surface area contributed by atoms with Crippen LogP contribution in [-0.2, 0) is 35.6 Å². The molecule has 1 aromatic heterocycles. The molecular weight excluding hydrogens is 328 g/mol. The second-order valence-electron chi connectivity index (χ2n) is 8.04. The van der Waals surface area contributed by atoms with Crippen molar-refractivity contribution in [3.05, 3.63) is 17.0 Å². The highest BCUT2D eigenvalue weighted by Crippen LogP contribution is 2.23. The summed E-state index contributed by atoms with van der Waals surface area (Å²) in [6.45, 7) is 11.8. The third kappa shape index (κ3) is 4.86. The van der Waals surface area contributed by atoms with E-state index in [2.05, 4.69) is 35.7 Å². The molecule has 3 heterocycles. The zero-order chi connectivity index (χ0) is 18.5. The van der Waals surface area contributed by atoms with Crippen LogP contribution in [0.25, 0.3) is 0 Å². The highest BCUT2D eigenvalue weighted by Gasteiger charge is 2.25. The Kier molecular flexibility index (Phi) is 6.70. The van der Waals surface area contributed by atoms with Crippen LogP contribution >= 0.6 is 0 Å². The lowest BCUT2D eigenvalue weighted by Gasteiger charge is -2.32. The molecule has 0 unspecified atom stereocenters. The van der Waals surface area contributed by atoms with E-state index in [1.54, 1.807) is 0 Å². The third-order valence-corrected chi connectivity index (χ3v) is 5.55. The van der Waals surface area contributed by atoms with E-state index in [0.29, 0.717) is 25.0 Å². The van der Waals surface area contributed by atoms with Crippen LogP contribution in [0.1, 0.15) is 63.4 Å². The number of amides is 1. The van der Waals surface area contributed by atoms with Gasteiger partial charge in [0, 0.05) is 56.3 Å². The second kappa shape index (κ2) is 9.00. The van der Waals surface area contributed by atoms with E-state index < -0.39 is 0 Å². The quantitative estimate of drug-likeness (QED) is 0.810. The Morgan fingerprint density at radius 1 is 1.35 bits per heavy atom. The molecule has 0 saturated carbocycles. The summed E-state index contributed by atoms with van der Waals surface area (Å²) in [4.78, 5) is 14.5. The van der Waals surface area contributed by atoms with Gasteiger partial charge in [-0.25, -0.2) is 0 Å².